The summed E-state index contributed by atoms with van der Waals surface area (Å²) in [7, 11) is 0. The number of pyridine rings is 1. The molecule has 1 fully saturated rings. The molecule has 8 heteroatoms. The molecule has 178 valence electrons. The lowest BCUT2D eigenvalue weighted by atomic mass is 9.97. The van der Waals surface area contributed by atoms with Crippen LogP contribution >= 0.6 is 11.6 Å². The summed E-state index contributed by atoms with van der Waals surface area (Å²) in [4.78, 5) is 37.8. The predicted octanol–water partition coefficient (Wildman–Crippen LogP) is 4.66. The molecule has 3 heterocycles. The molecule has 0 spiro atoms. The Hall–Kier alpha value is -3.71. The van der Waals surface area contributed by atoms with Crippen molar-refractivity contribution in [3.8, 4) is 0 Å². The first-order valence-corrected chi connectivity index (χ1v) is 12.1. The number of nitrogens with one attached hydrogen (secondary N) is 1. The van der Waals surface area contributed by atoms with Crippen LogP contribution in [-0.4, -0.2) is 33.5 Å². The van der Waals surface area contributed by atoms with Crippen molar-refractivity contribution in [3.63, 3.8) is 0 Å². The fourth-order valence-corrected chi connectivity index (χ4v) is 4.72. The first-order chi connectivity index (χ1) is 17.0. The summed E-state index contributed by atoms with van der Waals surface area (Å²) in [6.07, 6.45) is 3.20. The van der Waals surface area contributed by atoms with Gasteiger partial charge in [-0.3, -0.25) is 14.2 Å². The summed E-state index contributed by atoms with van der Waals surface area (Å²) in [6, 6.07) is 19.0. The van der Waals surface area contributed by atoms with E-state index in [-0.39, 0.29) is 17.4 Å². The van der Waals surface area contributed by atoms with Crippen LogP contribution in [0.1, 0.15) is 24.0 Å². The van der Waals surface area contributed by atoms with Gasteiger partial charge in [-0.05, 0) is 55.2 Å². The normalized spacial score (nSPS) is 15.8. The van der Waals surface area contributed by atoms with Crippen LogP contribution in [0.4, 0.5) is 11.5 Å². The van der Waals surface area contributed by atoms with E-state index in [0.29, 0.717) is 47.3 Å². The number of anilines is 2. The molecule has 1 aliphatic rings. The zero-order valence-electron chi connectivity index (χ0n) is 19.4. The maximum Gasteiger partial charge on any atom is 0.295 e. The van der Waals surface area contributed by atoms with Gasteiger partial charge in [0, 0.05) is 30.0 Å². The number of aromatic nitrogens is 3. The smallest absolute Gasteiger partial charge is 0.295 e. The lowest BCUT2D eigenvalue weighted by Gasteiger charge is -2.32. The number of fused-ring (bicyclic) bond motifs is 1. The fourth-order valence-electron chi connectivity index (χ4n) is 4.54. The molecule has 0 radical (unpaired) electrons. The van der Waals surface area contributed by atoms with Crippen LogP contribution in [-0.2, 0) is 11.3 Å². The molecule has 2 aromatic heterocycles. The molecule has 1 aliphatic heterocycles. The Bertz CT molecular complexity index is 1440. The van der Waals surface area contributed by atoms with Gasteiger partial charge in [-0.15, -0.1) is 0 Å². The third-order valence-corrected chi connectivity index (χ3v) is 6.89. The second kappa shape index (κ2) is 9.88. The molecule has 2 aromatic carbocycles. The predicted molar refractivity (Wildman–Crippen MR) is 139 cm³/mol. The summed E-state index contributed by atoms with van der Waals surface area (Å²) in [6.45, 7) is 3.37. The number of benzene rings is 2. The van der Waals surface area contributed by atoms with Crippen molar-refractivity contribution in [2.45, 2.75) is 26.3 Å². The highest BCUT2D eigenvalue weighted by Crippen LogP contribution is 2.26. The number of nitrogens with zero attached hydrogens (tertiary/aromatic N) is 4. The minimum Gasteiger partial charge on any atom is -0.351 e. The average molecular weight is 488 g/mol. The Morgan fingerprint density at radius 1 is 1.11 bits per heavy atom. The molecule has 7 nitrogen and oxygen atoms in total. The van der Waals surface area contributed by atoms with E-state index in [1.807, 2.05) is 66.4 Å². The van der Waals surface area contributed by atoms with Gasteiger partial charge in [0.05, 0.1) is 12.5 Å². The molecule has 5 rings (SSSR count). The third-order valence-electron chi connectivity index (χ3n) is 6.49. The van der Waals surface area contributed by atoms with E-state index in [1.165, 1.54) is 0 Å². The molecule has 0 aliphatic carbocycles. The number of carbonyl (C=O) groups is 1. The Balaban J connectivity index is 1.45. The van der Waals surface area contributed by atoms with Crippen LogP contribution in [0.2, 0.25) is 5.02 Å². The molecular formula is C27H26ClN5O2. The monoisotopic (exact) mass is 487 g/mol. The van der Waals surface area contributed by atoms with Crippen LogP contribution in [0.15, 0.2) is 71.7 Å². The molecule has 0 saturated carbocycles. The van der Waals surface area contributed by atoms with Crippen molar-refractivity contribution >= 4 is 40.2 Å². The van der Waals surface area contributed by atoms with Crippen molar-refractivity contribution in [2.75, 3.05) is 23.3 Å². The highest BCUT2D eigenvalue weighted by molar-refractivity contribution is 6.31. The van der Waals surface area contributed by atoms with Crippen LogP contribution in [0, 0.1) is 12.8 Å². The standard InChI is InChI=1S/C27H26ClN5O2/c1-18-21(28)11-5-12-22(18)31-26(34)20-10-7-15-32(17-20)25-27(35)33(16-19-8-3-2-4-9-19)24-23(30-25)13-6-14-29-24/h2-6,8-9,11-14,20H,7,10,15-17H2,1H3,(H,31,34)/t20-/m1/s1. The average Bonchev–Trinajstić information content (AvgIpc) is 2.89. The van der Waals surface area contributed by atoms with Crippen LogP contribution < -0.4 is 15.8 Å². The lowest BCUT2D eigenvalue weighted by Crippen LogP contribution is -2.44. The van der Waals surface area contributed by atoms with E-state index in [4.69, 9.17) is 11.6 Å². The number of hydrogen-bond donors (Lipinski definition) is 1. The van der Waals surface area contributed by atoms with Crippen molar-refractivity contribution in [1.29, 1.82) is 0 Å². The van der Waals surface area contributed by atoms with Gasteiger partial charge in [0.1, 0.15) is 5.52 Å². The summed E-state index contributed by atoms with van der Waals surface area (Å²) in [5.41, 5.74) is 3.55. The molecule has 1 saturated heterocycles. The van der Waals surface area contributed by atoms with Crippen molar-refractivity contribution in [3.05, 3.63) is 93.4 Å². The van der Waals surface area contributed by atoms with Crippen LogP contribution in [0.3, 0.4) is 0 Å². The van der Waals surface area contributed by atoms with Gasteiger partial charge in [-0.25, -0.2) is 9.97 Å². The Morgan fingerprint density at radius 2 is 1.94 bits per heavy atom. The first-order valence-electron chi connectivity index (χ1n) is 11.7. The highest BCUT2D eigenvalue weighted by Gasteiger charge is 2.29. The van der Waals surface area contributed by atoms with E-state index in [1.54, 1.807) is 16.8 Å². The van der Waals surface area contributed by atoms with E-state index in [2.05, 4.69) is 15.3 Å². The van der Waals surface area contributed by atoms with Crippen molar-refractivity contribution < 1.29 is 4.79 Å². The van der Waals surface area contributed by atoms with Gasteiger partial charge < -0.3 is 10.2 Å². The summed E-state index contributed by atoms with van der Waals surface area (Å²) in [5, 5.41) is 3.63. The molecule has 1 amide bonds. The summed E-state index contributed by atoms with van der Waals surface area (Å²) < 4.78 is 1.67. The van der Waals surface area contributed by atoms with E-state index in [9.17, 15) is 9.59 Å². The number of halogens is 1. The van der Waals surface area contributed by atoms with Gasteiger partial charge in [0.25, 0.3) is 5.56 Å². The Labute approximate surface area is 208 Å². The van der Waals surface area contributed by atoms with Gasteiger partial charge >= 0.3 is 0 Å². The number of rotatable bonds is 5. The molecule has 35 heavy (non-hydrogen) atoms. The quantitative estimate of drug-likeness (QED) is 0.443. The topological polar surface area (TPSA) is 80.1 Å². The molecule has 1 N–H and O–H groups in total. The van der Waals surface area contributed by atoms with Crippen molar-refractivity contribution in [1.82, 2.24) is 14.5 Å². The minimum atomic E-state index is -0.268. The minimum absolute atomic E-state index is 0.0767. The molecule has 0 bridgehead atoms. The van der Waals surface area contributed by atoms with Gasteiger partial charge in [0.2, 0.25) is 5.91 Å². The van der Waals surface area contributed by atoms with E-state index in [0.717, 1.165) is 24.0 Å². The van der Waals surface area contributed by atoms with Gasteiger partial charge in [0.15, 0.2) is 11.5 Å². The second-order valence-electron chi connectivity index (χ2n) is 8.85. The first kappa shape index (κ1) is 23.1. The largest absolute Gasteiger partial charge is 0.351 e. The van der Waals surface area contributed by atoms with E-state index < -0.39 is 0 Å². The van der Waals surface area contributed by atoms with Gasteiger partial charge in [-0.1, -0.05) is 48.0 Å². The molecule has 4 aromatic rings. The molecule has 1 atom stereocenters. The second-order valence-corrected chi connectivity index (χ2v) is 9.25. The molecule has 0 unspecified atom stereocenters. The number of carbonyl (C=O) groups excluding carboxylic acids is 1. The zero-order chi connectivity index (χ0) is 24.4. The Kier molecular flexibility index (Phi) is 6.51. The summed E-state index contributed by atoms with van der Waals surface area (Å²) in [5.74, 6) is 0.0144. The Morgan fingerprint density at radius 3 is 2.77 bits per heavy atom. The van der Waals surface area contributed by atoms with Crippen LogP contribution in [0.5, 0.6) is 0 Å². The molecular weight excluding hydrogens is 462 g/mol. The zero-order valence-corrected chi connectivity index (χ0v) is 20.2. The third kappa shape index (κ3) is 4.77. The van der Waals surface area contributed by atoms with Crippen molar-refractivity contribution in [2.24, 2.45) is 5.92 Å². The SMILES string of the molecule is Cc1c(Cl)cccc1NC(=O)[C@@H]1CCCN(c2nc3cccnc3n(Cc3ccccc3)c2=O)C1. The fraction of sp³-hybridized carbons (Fsp3) is 0.259. The number of amides is 1. The van der Waals surface area contributed by atoms with E-state index >= 15 is 0 Å². The lowest BCUT2D eigenvalue weighted by molar-refractivity contribution is -0.120. The maximum atomic E-state index is 13.6. The summed E-state index contributed by atoms with van der Waals surface area (Å²) >= 11 is 6.21. The highest BCUT2D eigenvalue weighted by atomic mass is 35.5. The number of piperidine rings is 1. The van der Waals surface area contributed by atoms with Crippen LogP contribution in [0.25, 0.3) is 11.2 Å². The maximum absolute atomic E-state index is 13.6. The van der Waals surface area contributed by atoms with Gasteiger partial charge in [-0.2, -0.15) is 0 Å². The number of hydrogen-bond acceptors (Lipinski definition) is 5.